The lowest BCUT2D eigenvalue weighted by atomic mass is 9.68. The largest absolute Gasteiger partial charge is 0.442 e. The van der Waals surface area contributed by atoms with Crippen molar-refractivity contribution in [3.63, 3.8) is 0 Å². The van der Waals surface area contributed by atoms with Gasteiger partial charge >= 0.3 is 6.09 Å². The molecule has 0 aliphatic rings. The van der Waals surface area contributed by atoms with Gasteiger partial charge in [-0.15, -0.1) is 12.3 Å². The van der Waals surface area contributed by atoms with Crippen molar-refractivity contribution in [2.75, 3.05) is 0 Å². The quantitative estimate of drug-likeness (QED) is 0.840. The number of hydrogen-bond donors (Lipinski definition) is 2. The fourth-order valence-corrected chi connectivity index (χ4v) is 2.37. The number of nitrogens with two attached hydrogens (primary N) is 1. The molecule has 0 saturated heterocycles. The molecular weight excluding hydrogens is 292 g/mol. The van der Waals surface area contributed by atoms with Crippen LogP contribution in [-0.4, -0.2) is 17.3 Å². The fraction of sp³-hybridized carbons (Fsp3) is 0.438. The third-order valence-electron chi connectivity index (χ3n) is 3.51. The Morgan fingerprint density at radius 2 is 2.05 bits per heavy atom. The molecule has 0 unspecified atom stereocenters. The van der Waals surface area contributed by atoms with E-state index in [4.69, 9.17) is 16.9 Å². The SMILES string of the molecule is C#CC[C@H](OC(N)=O)[C@](O)(c1cc(F)ccc1F)C(C)(C)C. The minimum atomic E-state index is -2.07. The zero-order chi connectivity index (χ0) is 17.1. The lowest BCUT2D eigenvalue weighted by Crippen LogP contribution is -2.52. The van der Waals surface area contributed by atoms with E-state index in [1.165, 1.54) is 0 Å². The predicted octanol–water partition coefficient (Wildman–Crippen LogP) is 2.69. The van der Waals surface area contributed by atoms with Crippen molar-refractivity contribution in [2.45, 2.75) is 38.9 Å². The third-order valence-corrected chi connectivity index (χ3v) is 3.51. The molecule has 120 valence electrons. The summed E-state index contributed by atoms with van der Waals surface area (Å²) in [7, 11) is 0. The van der Waals surface area contributed by atoms with Crippen LogP contribution < -0.4 is 5.73 Å². The molecule has 0 aliphatic carbocycles. The third kappa shape index (κ3) is 3.37. The Hall–Kier alpha value is -2.13. The summed E-state index contributed by atoms with van der Waals surface area (Å²) in [6, 6.07) is 2.67. The van der Waals surface area contributed by atoms with Gasteiger partial charge in [-0.25, -0.2) is 13.6 Å². The number of rotatable bonds is 4. The first-order chi connectivity index (χ1) is 10.0. The first-order valence-electron chi connectivity index (χ1n) is 6.61. The summed E-state index contributed by atoms with van der Waals surface area (Å²) in [4.78, 5) is 11.1. The van der Waals surface area contributed by atoms with E-state index in [9.17, 15) is 18.7 Å². The number of hydrogen-bond acceptors (Lipinski definition) is 3. The minimum absolute atomic E-state index is 0.216. The molecule has 22 heavy (non-hydrogen) atoms. The number of carbonyl (C=O) groups excluding carboxylic acids is 1. The van der Waals surface area contributed by atoms with Crippen molar-refractivity contribution in [1.29, 1.82) is 0 Å². The summed E-state index contributed by atoms with van der Waals surface area (Å²) >= 11 is 0. The Morgan fingerprint density at radius 3 is 2.50 bits per heavy atom. The number of halogens is 2. The summed E-state index contributed by atoms with van der Waals surface area (Å²) in [6.45, 7) is 4.77. The summed E-state index contributed by atoms with van der Waals surface area (Å²) in [5.74, 6) is 0.669. The van der Waals surface area contributed by atoms with E-state index in [1.807, 2.05) is 0 Å². The van der Waals surface area contributed by atoms with E-state index in [1.54, 1.807) is 20.8 Å². The monoisotopic (exact) mass is 311 g/mol. The number of ether oxygens (including phenoxy) is 1. The maximum Gasteiger partial charge on any atom is 0.404 e. The topological polar surface area (TPSA) is 72.5 Å². The lowest BCUT2D eigenvalue weighted by molar-refractivity contribution is -0.149. The maximum atomic E-state index is 14.2. The van der Waals surface area contributed by atoms with Gasteiger partial charge < -0.3 is 15.6 Å². The van der Waals surface area contributed by atoms with Crippen molar-refractivity contribution >= 4 is 6.09 Å². The Labute approximate surface area is 128 Å². The lowest BCUT2D eigenvalue weighted by Gasteiger charge is -2.44. The van der Waals surface area contributed by atoms with Crippen LogP contribution in [0.15, 0.2) is 18.2 Å². The Bertz CT molecular complexity index is 604. The molecule has 6 heteroatoms. The molecule has 1 aromatic rings. The molecule has 3 N–H and O–H groups in total. The maximum absolute atomic E-state index is 14.2. The molecular formula is C16H19F2NO3. The number of benzene rings is 1. The number of aliphatic hydroxyl groups is 1. The van der Waals surface area contributed by atoms with Crippen LogP contribution in [0, 0.1) is 29.4 Å². The number of primary amides is 1. The van der Waals surface area contributed by atoms with Crippen LogP contribution in [0.4, 0.5) is 13.6 Å². The van der Waals surface area contributed by atoms with Gasteiger partial charge in [0, 0.05) is 12.0 Å². The molecule has 1 aromatic carbocycles. The van der Waals surface area contributed by atoms with Gasteiger partial charge in [-0.2, -0.15) is 0 Å². The molecule has 0 spiro atoms. The standard InChI is InChI=1S/C16H19F2NO3/c1-5-6-13(22-14(19)20)16(21,15(2,3)4)11-9-10(17)7-8-12(11)18/h1,7-9,13,21H,6H2,2-4H3,(H2,19,20)/t13-,16+/m0/s1. The van der Waals surface area contributed by atoms with E-state index < -0.39 is 34.8 Å². The van der Waals surface area contributed by atoms with Gasteiger partial charge in [0.25, 0.3) is 0 Å². The van der Waals surface area contributed by atoms with Crippen molar-refractivity contribution in [2.24, 2.45) is 11.1 Å². The molecule has 0 bridgehead atoms. The van der Waals surface area contributed by atoms with Crippen molar-refractivity contribution < 1.29 is 23.4 Å². The van der Waals surface area contributed by atoms with Crippen molar-refractivity contribution in [3.05, 3.63) is 35.4 Å². The number of terminal acetylenes is 1. The summed E-state index contributed by atoms with van der Waals surface area (Å²) in [5.41, 5.74) is 1.56. The summed E-state index contributed by atoms with van der Waals surface area (Å²) in [6.07, 6.45) is 2.52. The van der Waals surface area contributed by atoms with Crippen LogP contribution in [0.3, 0.4) is 0 Å². The van der Waals surface area contributed by atoms with Gasteiger partial charge in [-0.3, -0.25) is 0 Å². The van der Waals surface area contributed by atoms with E-state index >= 15 is 0 Å². The predicted molar refractivity (Wildman–Crippen MR) is 77.6 cm³/mol. The second-order valence-corrected chi connectivity index (χ2v) is 5.97. The molecule has 0 aliphatic heterocycles. The smallest absolute Gasteiger partial charge is 0.404 e. The molecule has 0 saturated carbocycles. The molecule has 0 radical (unpaired) electrons. The highest BCUT2D eigenvalue weighted by molar-refractivity contribution is 5.65. The van der Waals surface area contributed by atoms with Crippen molar-refractivity contribution in [1.82, 2.24) is 0 Å². The van der Waals surface area contributed by atoms with E-state index in [-0.39, 0.29) is 12.0 Å². The fourth-order valence-electron chi connectivity index (χ4n) is 2.37. The zero-order valence-electron chi connectivity index (χ0n) is 12.7. The van der Waals surface area contributed by atoms with Gasteiger partial charge in [-0.05, 0) is 23.6 Å². The average molecular weight is 311 g/mol. The molecule has 0 aromatic heterocycles. The van der Waals surface area contributed by atoms with Gasteiger partial charge in [0.1, 0.15) is 23.3 Å². The normalized spacial score (nSPS) is 15.5. The average Bonchev–Trinajstić information content (AvgIpc) is 2.38. The van der Waals surface area contributed by atoms with Gasteiger partial charge in [0.05, 0.1) is 0 Å². The summed E-state index contributed by atoms with van der Waals surface area (Å²) < 4.78 is 32.6. The highest BCUT2D eigenvalue weighted by Crippen LogP contribution is 2.45. The number of amides is 1. The zero-order valence-corrected chi connectivity index (χ0v) is 12.7. The van der Waals surface area contributed by atoms with E-state index in [2.05, 4.69) is 5.92 Å². The van der Waals surface area contributed by atoms with Crippen LogP contribution in [0.5, 0.6) is 0 Å². The minimum Gasteiger partial charge on any atom is -0.442 e. The Balaban J connectivity index is 3.58. The van der Waals surface area contributed by atoms with E-state index in [0.717, 1.165) is 18.2 Å². The van der Waals surface area contributed by atoms with Gasteiger partial charge in [0.15, 0.2) is 0 Å². The first kappa shape index (κ1) is 17.9. The highest BCUT2D eigenvalue weighted by Gasteiger charge is 2.51. The Kier molecular flexibility index (Phi) is 5.15. The second kappa shape index (κ2) is 6.32. The highest BCUT2D eigenvalue weighted by atomic mass is 19.1. The Morgan fingerprint density at radius 1 is 1.45 bits per heavy atom. The van der Waals surface area contributed by atoms with E-state index in [0.29, 0.717) is 0 Å². The van der Waals surface area contributed by atoms with Gasteiger partial charge in [-0.1, -0.05) is 20.8 Å². The first-order valence-corrected chi connectivity index (χ1v) is 6.61. The molecule has 1 amide bonds. The van der Waals surface area contributed by atoms with Crippen molar-refractivity contribution in [3.8, 4) is 12.3 Å². The molecule has 4 nitrogen and oxygen atoms in total. The summed E-state index contributed by atoms with van der Waals surface area (Å²) in [5, 5.41) is 11.1. The van der Waals surface area contributed by atoms with Crippen LogP contribution >= 0.6 is 0 Å². The van der Waals surface area contributed by atoms with Crippen LogP contribution in [0.25, 0.3) is 0 Å². The van der Waals surface area contributed by atoms with Crippen LogP contribution in [0.1, 0.15) is 32.8 Å². The molecule has 1 rings (SSSR count). The molecule has 0 fully saturated rings. The molecule has 2 atom stereocenters. The van der Waals surface area contributed by atoms with Gasteiger partial charge in [0.2, 0.25) is 0 Å². The van der Waals surface area contributed by atoms with Crippen LogP contribution in [-0.2, 0) is 10.3 Å². The molecule has 0 heterocycles. The second-order valence-electron chi connectivity index (χ2n) is 5.97. The van der Waals surface area contributed by atoms with Crippen LogP contribution in [0.2, 0.25) is 0 Å². The number of carbonyl (C=O) groups is 1.